The van der Waals surface area contributed by atoms with E-state index in [0.29, 0.717) is 17.3 Å². The number of rotatable bonds is 18. The van der Waals surface area contributed by atoms with Crippen molar-refractivity contribution in [1.82, 2.24) is 25.4 Å². The number of hydrogen-bond acceptors (Lipinski definition) is 9. The molecule has 3 saturated carbocycles. The third-order valence-electron chi connectivity index (χ3n) is 12.7. The predicted molar refractivity (Wildman–Crippen MR) is 211 cm³/mol. The fraction of sp³-hybridized carbons (Fsp3) is 0.667. The Morgan fingerprint density at radius 2 is 1.67 bits per heavy atom. The molecule has 2 aromatic rings. The number of nitrogens with one attached hydrogen (secondary N) is 2. The van der Waals surface area contributed by atoms with Gasteiger partial charge in [-0.2, -0.15) is 0 Å². The first-order valence-corrected chi connectivity index (χ1v) is 20.8. The minimum atomic E-state index is -0.940. The van der Waals surface area contributed by atoms with Crippen LogP contribution in [0.1, 0.15) is 120 Å². The number of likely N-dealkylation sites (N-methyl/N-ethyl adjacent to an activating group) is 2. The SMILES string of the molecule is CC(=O)O[C@H](C[C@H](C(C)C)N(C)C(=O)[C@@H](NC(=O)[C@H]1CCCCN1C)C12CC(C(C)C)(C1)C2)c1nc(C(=O)N[C@@H](Cc2ccccc2)C[C@H](C)C(=O)O)cs1. The Hall–Kier alpha value is -3.84. The monoisotopic (exact) mass is 779 g/mol. The Morgan fingerprint density at radius 3 is 2.25 bits per heavy atom. The van der Waals surface area contributed by atoms with Gasteiger partial charge in [-0.3, -0.25) is 28.9 Å². The highest BCUT2D eigenvalue weighted by molar-refractivity contribution is 7.09. The molecule has 4 fully saturated rings. The zero-order valence-electron chi connectivity index (χ0n) is 33.8. The van der Waals surface area contributed by atoms with E-state index < -0.39 is 42.0 Å². The van der Waals surface area contributed by atoms with Crippen LogP contribution in [-0.2, 0) is 30.3 Å². The van der Waals surface area contributed by atoms with Gasteiger partial charge in [0.15, 0.2) is 6.10 Å². The lowest BCUT2D eigenvalue weighted by Crippen LogP contribution is -2.75. The van der Waals surface area contributed by atoms with Gasteiger partial charge < -0.3 is 25.4 Å². The smallest absolute Gasteiger partial charge is 0.306 e. The summed E-state index contributed by atoms with van der Waals surface area (Å²) < 4.78 is 5.84. The Kier molecular flexibility index (Phi) is 13.5. The zero-order chi connectivity index (χ0) is 40.2. The van der Waals surface area contributed by atoms with Gasteiger partial charge in [0.1, 0.15) is 16.7 Å². The van der Waals surface area contributed by atoms with E-state index >= 15 is 0 Å². The van der Waals surface area contributed by atoms with Crippen molar-refractivity contribution in [1.29, 1.82) is 0 Å². The third-order valence-corrected chi connectivity index (χ3v) is 13.6. The summed E-state index contributed by atoms with van der Waals surface area (Å²) >= 11 is 1.20. The number of nitrogens with zero attached hydrogens (tertiary/aromatic N) is 3. The molecule has 6 rings (SSSR count). The quantitative estimate of drug-likeness (QED) is 0.158. The summed E-state index contributed by atoms with van der Waals surface area (Å²) in [5, 5.41) is 17.9. The molecule has 0 unspecified atom stereocenters. The number of ether oxygens (including phenoxy) is 1. The van der Waals surface area contributed by atoms with E-state index in [9.17, 15) is 29.1 Å². The molecule has 12 nitrogen and oxygen atoms in total. The number of piperidine rings is 1. The number of likely N-dealkylation sites (tertiary alicyclic amines) is 1. The molecule has 1 aromatic heterocycles. The van der Waals surface area contributed by atoms with E-state index in [1.807, 2.05) is 51.2 Å². The van der Waals surface area contributed by atoms with Gasteiger partial charge >= 0.3 is 11.9 Å². The van der Waals surface area contributed by atoms with Gasteiger partial charge in [-0.1, -0.05) is 71.4 Å². The van der Waals surface area contributed by atoms with Crippen LogP contribution in [0.3, 0.4) is 0 Å². The van der Waals surface area contributed by atoms with E-state index in [0.717, 1.165) is 50.6 Å². The maximum absolute atomic E-state index is 14.7. The van der Waals surface area contributed by atoms with Crippen molar-refractivity contribution >= 4 is 41.0 Å². The van der Waals surface area contributed by atoms with Crippen LogP contribution in [0.25, 0.3) is 0 Å². The Bertz CT molecular complexity index is 1680. The number of aromatic nitrogens is 1. The molecule has 6 atom stereocenters. The number of carbonyl (C=O) groups is 5. The predicted octanol–water partition coefficient (Wildman–Crippen LogP) is 5.87. The molecule has 1 aliphatic heterocycles. The maximum Gasteiger partial charge on any atom is 0.306 e. The first-order chi connectivity index (χ1) is 25.9. The third kappa shape index (κ3) is 9.59. The van der Waals surface area contributed by atoms with Gasteiger partial charge in [0.2, 0.25) is 11.8 Å². The van der Waals surface area contributed by atoms with Crippen molar-refractivity contribution in [3.8, 4) is 0 Å². The molecule has 2 bridgehead atoms. The summed E-state index contributed by atoms with van der Waals surface area (Å²) in [5.41, 5.74) is 1.07. The molecule has 1 saturated heterocycles. The molecule has 4 aliphatic rings. The van der Waals surface area contributed by atoms with Crippen LogP contribution in [0, 0.1) is 28.6 Å². The van der Waals surface area contributed by atoms with Crippen molar-refractivity contribution in [3.05, 3.63) is 52.0 Å². The summed E-state index contributed by atoms with van der Waals surface area (Å²) in [6.07, 6.45) is 5.64. The highest BCUT2D eigenvalue weighted by Crippen LogP contribution is 2.77. The fourth-order valence-corrected chi connectivity index (χ4v) is 10.1. The van der Waals surface area contributed by atoms with Crippen molar-refractivity contribution in [2.75, 3.05) is 20.6 Å². The molecular weight excluding hydrogens is 719 g/mol. The van der Waals surface area contributed by atoms with Gasteiger partial charge in [0.05, 0.1) is 12.0 Å². The topological polar surface area (TPSA) is 158 Å². The van der Waals surface area contributed by atoms with Crippen LogP contribution in [0.5, 0.6) is 0 Å². The van der Waals surface area contributed by atoms with E-state index in [-0.39, 0.29) is 59.2 Å². The van der Waals surface area contributed by atoms with Crippen molar-refractivity contribution in [2.45, 2.75) is 130 Å². The number of amides is 3. The van der Waals surface area contributed by atoms with Gasteiger partial charge in [-0.05, 0) is 81.4 Å². The van der Waals surface area contributed by atoms with E-state index in [1.54, 1.807) is 24.3 Å². The summed E-state index contributed by atoms with van der Waals surface area (Å²) in [4.78, 5) is 74.7. The molecule has 0 spiro atoms. The Labute approximate surface area is 330 Å². The Morgan fingerprint density at radius 1 is 1.00 bits per heavy atom. The van der Waals surface area contributed by atoms with Crippen molar-refractivity contribution in [2.24, 2.45) is 28.6 Å². The molecular formula is C42H61N5O7S. The maximum atomic E-state index is 14.7. The van der Waals surface area contributed by atoms with Crippen LogP contribution in [0.15, 0.2) is 35.7 Å². The number of thiazole rings is 1. The second-order valence-electron chi connectivity index (χ2n) is 17.3. The molecule has 3 amide bonds. The lowest BCUT2D eigenvalue weighted by Gasteiger charge is -2.75. The van der Waals surface area contributed by atoms with E-state index in [4.69, 9.17) is 4.74 Å². The standard InChI is InChI=1S/C42H61N5O7S/c1-25(2)33(47(8)39(51)35(42-22-41(23-42,24-42)26(3)4)45-37(50)32-16-12-13-17-46(32)7)20-34(54-28(6)48)38-44-31(21-55-38)36(49)43-30(18-27(5)40(52)53)19-29-14-10-9-11-15-29/h9-11,14-15,21,25-27,30,32-35H,12-13,16-20,22-24H2,1-8H3,(H,43,49)(H,45,50)(H,52,53)/t27-,30+,32+,33+,34+,35+,41?,42?/m0/s1. The van der Waals surface area contributed by atoms with Crippen LogP contribution in [0.2, 0.25) is 0 Å². The number of esters is 1. The number of carboxylic acids is 1. The summed E-state index contributed by atoms with van der Waals surface area (Å²) in [6.45, 7) is 12.3. The fourth-order valence-electron chi connectivity index (χ4n) is 9.27. The minimum Gasteiger partial charge on any atom is -0.481 e. The lowest BCUT2D eigenvalue weighted by atomic mass is 9.30. The van der Waals surface area contributed by atoms with Gasteiger partial charge in [-0.15, -0.1) is 11.3 Å². The molecule has 55 heavy (non-hydrogen) atoms. The number of carboxylic acid groups (broad SMARTS) is 1. The first kappa shape index (κ1) is 42.3. The number of aliphatic carboxylic acids is 1. The number of benzene rings is 1. The van der Waals surface area contributed by atoms with Crippen LogP contribution >= 0.6 is 11.3 Å². The van der Waals surface area contributed by atoms with Crippen LogP contribution in [0.4, 0.5) is 0 Å². The first-order valence-electron chi connectivity index (χ1n) is 19.9. The van der Waals surface area contributed by atoms with Gasteiger partial charge in [-0.25, -0.2) is 4.98 Å². The molecule has 13 heteroatoms. The van der Waals surface area contributed by atoms with Crippen molar-refractivity contribution < 1.29 is 33.8 Å². The lowest BCUT2D eigenvalue weighted by molar-refractivity contribution is -0.245. The number of carbonyl (C=O) groups excluding carboxylic acids is 4. The molecule has 2 heterocycles. The molecule has 3 aliphatic carbocycles. The Balaban J connectivity index is 1.33. The minimum absolute atomic E-state index is 0.0411. The van der Waals surface area contributed by atoms with Gasteiger partial charge in [0.25, 0.3) is 5.91 Å². The normalized spacial score (nSPS) is 24.7. The largest absolute Gasteiger partial charge is 0.481 e. The number of hydrogen-bond donors (Lipinski definition) is 3. The van der Waals surface area contributed by atoms with Crippen molar-refractivity contribution in [3.63, 3.8) is 0 Å². The molecule has 302 valence electrons. The van der Waals surface area contributed by atoms with Gasteiger partial charge in [0, 0.05) is 43.3 Å². The summed E-state index contributed by atoms with van der Waals surface area (Å²) in [6, 6.07) is 7.81. The average Bonchev–Trinajstić information content (AvgIpc) is 3.58. The summed E-state index contributed by atoms with van der Waals surface area (Å²) in [5.74, 6) is -2.34. The molecule has 0 radical (unpaired) electrons. The molecule has 1 aromatic carbocycles. The van der Waals surface area contributed by atoms with Crippen LogP contribution < -0.4 is 10.6 Å². The summed E-state index contributed by atoms with van der Waals surface area (Å²) in [7, 11) is 3.75. The average molecular weight is 780 g/mol. The van der Waals surface area contributed by atoms with E-state index in [1.165, 1.54) is 18.3 Å². The second-order valence-corrected chi connectivity index (χ2v) is 18.2. The molecule has 3 N–H and O–H groups in total. The second kappa shape index (κ2) is 17.5. The zero-order valence-corrected chi connectivity index (χ0v) is 34.6. The highest BCUT2D eigenvalue weighted by Gasteiger charge is 2.72. The van der Waals surface area contributed by atoms with Crippen LogP contribution in [-0.4, -0.2) is 94.4 Å². The highest BCUT2D eigenvalue weighted by atomic mass is 32.1. The van der Waals surface area contributed by atoms with E-state index in [2.05, 4.69) is 34.4 Å².